The van der Waals surface area contributed by atoms with Crippen LogP contribution in [0.1, 0.15) is 12.8 Å². The number of carbonyl (C=O) groups is 1. The molecular formula is C10H12O5. The topological polar surface area (TPSA) is 54.0 Å². The van der Waals surface area contributed by atoms with Crippen molar-refractivity contribution in [3.05, 3.63) is 0 Å². The van der Waals surface area contributed by atoms with Crippen molar-refractivity contribution in [3.63, 3.8) is 0 Å². The minimum absolute atomic E-state index is 0.114. The van der Waals surface area contributed by atoms with Crippen LogP contribution in [-0.4, -0.2) is 31.4 Å². The molecule has 0 bridgehead atoms. The Morgan fingerprint density at radius 1 is 1.07 bits per heavy atom. The second-order valence-corrected chi connectivity index (χ2v) is 4.64. The molecule has 5 nitrogen and oxygen atoms in total. The van der Waals surface area contributed by atoms with Crippen LogP contribution in [0.25, 0.3) is 0 Å². The fourth-order valence-electron chi connectivity index (χ4n) is 3.29. The maximum absolute atomic E-state index is 11.2. The zero-order valence-corrected chi connectivity index (χ0v) is 8.13. The van der Waals surface area contributed by atoms with E-state index >= 15 is 0 Å². The average molecular weight is 212 g/mol. The first-order chi connectivity index (χ1) is 7.33. The Labute approximate surface area is 86.6 Å². The van der Waals surface area contributed by atoms with Gasteiger partial charge in [-0.3, -0.25) is 4.79 Å². The molecule has 0 spiro atoms. The van der Waals surface area contributed by atoms with E-state index in [1.54, 1.807) is 0 Å². The van der Waals surface area contributed by atoms with Crippen molar-refractivity contribution in [1.82, 2.24) is 0 Å². The molecule has 82 valence electrons. The Bertz CT molecular complexity index is 317. The molecule has 4 aliphatic heterocycles. The molecule has 4 fully saturated rings. The fraction of sp³-hybridized carbons (Fsp3) is 0.900. The van der Waals surface area contributed by atoms with Crippen LogP contribution in [0.2, 0.25) is 0 Å². The number of ether oxygens (including phenoxy) is 4. The number of hydrogen-bond acceptors (Lipinski definition) is 5. The molecule has 4 aliphatic rings. The number of esters is 1. The van der Waals surface area contributed by atoms with Crippen molar-refractivity contribution in [2.45, 2.75) is 31.7 Å². The van der Waals surface area contributed by atoms with E-state index in [4.69, 9.17) is 18.9 Å². The van der Waals surface area contributed by atoms with Crippen molar-refractivity contribution in [3.8, 4) is 0 Å². The largest absolute Gasteiger partial charge is 0.435 e. The summed E-state index contributed by atoms with van der Waals surface area (Å²) < 4.78 is 21.8. The van der Waals surface area contributed by atoms with Crippen LogP contribution in [0.4, 0.5) is 0 Å². The monoisotopic (exact) mass is 212 g/mol. The lowest BCUT2D eigenvalue weighted by Gasteiger charge is -2.16. The maximum Gasteiger partial charge on any atom is 0.308 e. The smallest absolute Gasteiger partial charge is 0.308 e. The Morgan fingerprint density at radius 3 is 2.87 bits per heavy atom. The van der Waals surface area contributed by atoms with Gasteiger partial charge in [0.15, 0.2) is 12.6 Å². The van der Waals surface area contributed by atoms with Crippen LogP contribution in [0.3, 0.4) is 0 Å². The molecule has 0 saturated carbocycles. The van der Waals surface area contributed by atoms with Gasteiger partial charge in [0.2, 0.25) is 6.29 Å². The van der Waals surface area contributed by atoms with Crippen molar-refractivity contribution in [2.24, 2.45) is 17.8 Å². The van der Waals surface area contributed by atoms with Crippen molar-refractivity contribution < 1.29 is 23.7 Å². The molecule has 0 aromatic carbocycles. The summed E-state index contributed by atoms with van der Waals surface area (Å²) in [7, 11) is 0. The summed E-state index contributed by atoms with van der Waals surface area (Å²) >= 11 is 0. The van der Waals surface area contributed by atoms with Gasteiger partial charge in [0.05, 0.1) is 13.0 Å². The highest BCUT2D eigenvalue weighted by molar-refractivity contribution is 5.72. The average Bonchev–Trinajstić information content (AvgIpc) is 2.81. The van der Waals surface area contributed by atoms with Gasteiger partial charge in [-0.1, -0.05) is 0 Å². The molecular weight excluding hydrogens is 200 g/mol. The minimum atomic E-state index is -0.367. The van der Waals surface area contributed by atoms with Gasteiger partial charge in [-0.15, -0.1) is 0 Å². The van der Waals surface area contributed by atoms with Crippen molar-refractivity contribution in [2.75, 3.05) is 6.61 Å². The predicted molar refractivity (Wildman–Crippen MR) is 45.3 cm³/mol. The Hall–Kier alpha value is -0.650. The molecule has 0 aromatic rings. The van der Waals surface area contributed by atoms with Gasteiger partial charge in [0.1, 0.15) is 0 Å². The first-order valence-corrected chi connectivity index (χ1v) is 5.45. The zero-order valence-electron chi connectivity index (χ0n) is 8.13. The van der Waals surface area contributed by atoms with Gasteiger partial charge in [-0.05, 0) is 6.42 Å². The number of fused-ring (bicyclic) bond motifs is 5. The van der Waals surface area contributed by atoms with Gasteiger partial charge >= 0.3 is 5.97 Å². The van der Waals surface area contributed by atoms with Crippen molar-refractivity contribution >= 4 is 5.97 Å². The summed E-state index contributed by atoms with van der Waals surface area (Å²) in [5.74, 6) is 0.707. The van der Waals surface area contributed by atoms with Gasteiger partial charge in [-0.2, -0.15) is 0 Å². The standard InChI is InChI=1S/C10H12O5/c11-6-3-5-7-4-1-2-12-8(4)14-10(7)15-9(5)13-6/h4-5,7-10H,1-3H2/t4-,5+,7+,8+,9-,10-/m0/s1. The quantitative estimate of drug-likeness (QED) is 0.538. The highest BCUT2D eigenvalue weighted by atomic mass is 16.8. The van der Waals surface area contributed by atoms with E-state index in [1.807, 2.05) is 0 Å². The van der Waals surface area contributed by atoms with Crippen LogP contribution < -0.4 is 0 Å². The Kier molecular flexibility index (Phi) is 1.54. The predicted octanol–water partition coefficient (Wildman–Crippen LogP) is 0.241. The second kappa shape index (κ2) is 2.72. The summed E-state index contributed by atoms with van der Waals surface area (Å²) in [6.45, 7) is 0.755. The molecule has 0 N–H and O–H groups in total. The molecule has 6 atom stereocenters. The lowest BCUT2D eigenvalue weighted by Crippen LogP contribution is -2.23. The van der Waals surface area contributed by atoms with Crippen LogP contribution >= 0.6 is 0 Å². The zero-order chi connectivity index (χ0) is 9.99. The molecule has 4 rings (SSSR count). The highest BCUT2D eigenvalue weighted by Crippen LogP contribution is 2.52. The maximum atomic E-state index is 11.2. The molecule has 0 radical (unpaired) electrons. The molecule has 0 amide bonds. The Morgan fingerprint density at radius 2 is 1.93 bits per heavy atom. The van der Waals surface area contributed by atoms with E-state index in [2.05, 4.69) is 0 Å². The molecule has 0 aromatic heterocycles. The van der Waals surface area contributed by atoms with Crippen molar-refractivity contribution in [1.29, 1.82) is 0 Å². The molecule has 0 aliphatic carbocycles. The van der Waals surface area contributed by atoms with Gasteiger partial charge in [0.25, 0.3) is 0 Å². The first-order valence-electron chi connectivity index (χ1n) is 5.45. The highest BCUT2D eigenvalue weighted by Gasteiger charge is 2.61. The summed E-state index contributed by atoms with van der Waals surface area (Å²) in [6, 6.07) is 0. The summed E-state index contributed by atoms with van der Waals surface area (Å²) in [6.07, 6.45) is 0.777. The Balaban J connectivity index is 1.64. The van der Waals surface area contributed by atoms with Gasteiger partial charge in [0, 0.05) is 17.8 Å². The van der Waals surface area contributed by atoms with Crippen LogP contribution in [-0.2, 0) is 23.7 Å². The number of carbonyl (C=O) groups excluding carboxylic acids is 1. The minimum Gasteiger partial charge on any atom is -0.435 e. The van der Waals surface area contributed by atoms with E-state index in [-0.39, 0.29) is 36.7 Å². The second-order valence-electron chi connectivity index (χ2n) is 4.64. The third-order valence-corrected chi connectivity index (χ3v) is 3.92. The summed E-state index contributed by atoms with van der Waals surface area (Å²) in [5.41, 5.74) is 0. The van der Waals surface area contributed by atoms with Gasteiger partial charge in [-0.25, -0.2) is 0 Å². The molecule has 15 heavy (non-hydrogen) atoms. The fourth-order valence-corrected chi connectivity index (χ4v) is 3.29. The molecule has 4 heterocycles. The number of hydrogen-bond donors (Lipinski definition) is 0. The van der Waals surface area contributed by atoms with E-state index in [9.17, 15) is 4.79 Å². The SMILES string of the molecule is O=C1C[C@H]2[C@@H](O1)O[C@@H]1O[C@H]3OCC[C@H]3[C@@H]12. The van der Waals surface area contributed by atoms with Crippen LogP contribution in [0, 0.1) is 17.8 Å². The molecule has 5 heteroatoms. The summed E-state index contributed by atoms with van der Waals surface area (Å²) in [5, 5.41) is 0. The number of rotatable bonds is 0. The third kappa shape index (κ3) is 1.01. The lowest BCUT2D eigenvalue weighted by molar-refractivity contribution is -0.234. The van der Waals surface area contributed by atoms with E-state index < -0.39 is 0 Å². The molecule has 4 saturated heterocycles. The normalized spacial score (nSPS) is 56.4. The lowest BCUT2D eigenvalue weighted by atomic mass is 9.82. The van der Waals surface area contributed by atoms with E-state index in [0.29, 0.717) is 12.3 Å². The third-order valence-electron chi connectivity index (χ3n) is 3.92. The van der Waals surface area contributed by atoms with Crippen LogP contribution in [0.5, 0.6) is 0 Å². The van der Waals surface area contributed by atoms with E-state index in [0.717, 1.165) is 13.0 Å². The first kappa shape index (κ1) is 8.50. The van der Waals surface area contributed by atoms with E-state index in [1.165, 1.54) is 0 Å². The van der Waals surface area contributed by atoms with Crippen LogP contribution in [0.15, 0.2) is 0 Å². The molecule has 0 unspecified atom stereocenters. The van der Waals surface area contributed by atoms with Gasteiger partial charge < -0.3 is 18.9 Å². The summed E-state index contributed by atoms with van der Waals surface area (Å²) in [4.78, 5) is 11.2.